The molecular weight excluding hydrogens is 233 g/mol. The summed E-state index contributed by atoms with van der Waals surface area (Å²) in [6.45, 7) is 3.52. The highest BCUT2D eigenvalue weighted by atomic mass is 19.1. The summed E-state index contributed by atoms with van der Waals surface area (Å²) in [7, 11) is 0. The molecule has 1 aromatic heterocycles. The van der Waals surface area contributed by atoms with Gasteiger partial charge in [0.2, 0.25) is 0 Å². The monoisotopic (exact) mass is 245 g/mol. The third-order valence-corrected chi connectivity index (χ3v) is 2.30. The SMILES string of the molecule is Cc1cc(C(=O)Nc2ccc(F)cc2)nc(C)n1. The zero-order chi connectivity index (χ0) is 13.1. The van der Waals surface area contributed by atoms with E-state index in [1.54, 1.807) is 19.9 Å². The van der Waals surface area contributed by atoms with Crippen molar-refractivity contribution < 1.29 is 9.18 Å². The zero-order valence-electron chi connectivity index (χ0n) is 10.1. The van der Waals surface area contributed by atoms with Gasteiger partial charge in [-0.05, 0) is 44.2 Å². The minimum absolute atomic E-state index is 0.296. The number of nitrogens with zero attached hydrogens (tertiary/aromatic N) is 2. The molecule has 18 heavy (non-hydrogen) atoms. The van der Waals surface area contributed by atoms with Crippen LogP contribution in [-0.4, -0.2) is 15.9 Å². The summed E-state index contributed by atoms with van der Waals surface area (Å²) >= 11 is 0. The molecule has 0 aliphatic heterocycles. The Balaban J connectivity index is 2.19. The van der Waals surface area contributed by atoms with Crippen molar-refractivity contribution in [2.45, 2.75) is 13.8 Å². The van der Waals surface area contributed by atoms with E-state index in [4.69, 9.17) is 0 Å². The molecule has 0 spiro atoms. The fraction of sp³-hybridized carbons (Fsp3) is 0.154. The standard InChI is InChI=1S/C13H12FN3O/c1-8-7-12(16-9(2)15-8)13(18)17-11-5-3-10(14)4-6-11/h3-7H,1-2H3,(H,17,18). The molecule has 1 heterocycles. The van der Waals surface area contributed by atoms with Gasteiger partial charge in [0.25, 0.3) is 5.91 Å². The second kappa shape index (κ2) is 4.91. The molecule has 92 valence electrons. The van der Waals surface area contributed by atoms with Crippen molar-refractivity contribution >= 4 is 11.6 Å². The highest BCUT2D eigenvalue weighted by Gasteiger charge is 2.09. The van der Waals surface area contributed by atoms with Crippen LogP contribution in [0.15, 0.2) is 30.3 Å². The van der Waals surface area contributed by atoms with E-state index in [1.165, 1.54) is 24.3 Å². The molecule has 0 saturated carbocycles. The van der Waals surface area contributed by atoms with Crippen molar-refractivity contribution in [2.24, 2.45) is 0 Å². The Bertz CT molecular complexity index is 561. The molecule has 0 radical (unpaired) electrons. The number of amides is 1. The normalized spacial score (nSPS) is 10.2. The first kappa shape index (κ1) is 12.2. The van der Waals surface area contributed by atoms with Crippen molar-refractivity contribution in [1.82, 2.24) is 9.97 Å². The van der Waals surface area contributed by atoms with E-state index >= 15 is 0 Å². The molecule has 0 bridgehead atoms. The molecule has 0 aliphatic rings. The molecule has 0 saturated heterocycles. The van der Waals surface area contributed by atoms with Gasteiger partial charge in [-0.15, -0.1) is 0 Å². The molecule has 0 atom stereocenters. The van der Waals surface area contributed by atoms with E-state index in [2.05, 4.69) is 15.3 Å². The second-order valence-corrected chi connectivity index (χ2v) is 3.90. The predicted molar refractivity (Wildman–Crippen MR) is 65.9 cm³/mol. The number of anilines is 1. The molecule has 0 fully saturated rings. The predicted octanol–water partition coefficient (Wildman–Crippen LogP) is 2.48. The van der Waals surface area contributed by atoms with Crippen molar-refractivity contribution in [3.05, 3.63) is 53.4 Å². The van der Waals surface area contributed by atoms with Crippen LogP contribution in [-0.2, 0) is 0 Å². The first-order valence-electron chi connectivity index (χ1n) is 5.44. The van der Waals surface area contributed by atoms with Crippen LogP contribution in [0.5, 0.6) is 0 Å². The van der Waals surface area contributed by atoms with Gasteiger partial charge in [0.05, 0.1) is 0 Å². The van der Waals surface area contributed by atoms with Gasteiger partial charge in [0.1, 0.15) is 17.3 Å². The summed E-state index contributed by atoms with van der Waals surface area (Å²) in [5.41, 5.74) is 1.55. The van der Waals surface area contributed by atoms with Gasteiger partial charge in [-0.3, -0.25) is 4.79 Å². The second-order valence-electron chi connectivity index (χ2n) is 3.90. The lowest BCUT2D eigenvalue weighted by Crippen LogP contribution is -2.15. The van der Waals surface area contributed by atoms with Gasteiger partial charge in [0, 0.05) is 11.4 Å². The van der Waals surface area contributed by atoms with Gasteiger partial charge in [-0.25, -0.2) is 14.4 Å². The lowest BCUT2D eigenvalue weighted by Gasteiger charge is -2.05. The Labute approximate surface area is 104 Å². The van der Waals surface area contributed by atoms with E-state index in [-0.39, 0.29) is 11.7 Å². The van der Waals surface area contributed by atoms with Gasteiger partial charge in [-0.1, -0.05) is 0 Å². The van der Waals surface area contributed by atoms with Crippen LogP contribution in [0.25, 0.3) is 0 Å². The lowest BCUT2D eigenvalue weighted by molar-refractivity contribution is 0.102. The number of carbonyl (C=O) groups is 1. The maximum absolute atomic E-state index is 12.7. The van der Waals surface area contributed by atoms with Crippen molar-refractivity contribution in [3.63, 3.8) is 0 Å². The summed E-state index contributed by atoms with van der Waals surface area (Å²) in [4.78, 5) is 20.1. The maximum Gasteiger partial charge on any atom is 0.274 e. The van der Waals surface area contributed by atoms with Crippen LogP contribution >= 0.6 is 0 Å². The summed E-state index contributed by atoms with van der Waals surface area (Å²) in [6, 6.07) is 7.16. The number of rotatable bonds is 2. The molecule has 5 heteroatoms. The number of benzene rings is 1. The summed E-state index contributed by atoms with van der Waals surface area (Å²) in [6.07, 6.45) is 0. The lowest BCUT2D eigenvalue weighted by atomic mass is 10.2. The highest BCUT2D eigenvalue weighted by molar-refractivity contribution is 6.02. The van der Waals surface area contributed by atoms with E-state index < -0.39 is 0 Å². The van der Waals surface area contributed by atoms with Crippen LogP contribution in [0.4, 0.5) is 10.1 Å². The van der Waals surface area contributed by atoms with Crippen molar-refractivity contribution in [2.75, 3.05) is 5.32 Å². The van der Waals surface area contributed by atoms with E-state index in [9.17, 15) is 9.18 Å². The Kier molecular flexibility index (Phi) is 3.32. The molecule has 0 aliphatic carbocycles. The highest BCUT2D eigenvalue weighted by Crippen LogP contribution is 2.10. The molecular formula is C13H12FN3O. The first-order valence-corrected chi connectivity index (χ1v) is 5.44. The maximum atomic E-state index is 12.7. The first-order chi connectivity index (χ1) is 8.54. The van der Waals surface area contributed by atoms with Gasteiger partial charge in [0.15, 0.2) is 0 Å². The Morgan fingerprint density at radius 3 is 2.44 bits per heavy atom. The Hall–Kier alpha value is -2.30. The number of aryl methyl sites for hydroxylation is 2. The minimum Gasteiger partial charge on any atom is -0.321 e. The number of nitrogens with one attached hydrogen (secondary N) is 1. The van der Waals surface area contributed by atoms with Gasteiger partial charge in [-0.2, -0.15) is 0 Å². The summed E-state index contributed by atoms with van der Waals surface area (Å²) in [5.74, 6) is -0.142. The number of halogens is 1. The number of hydrogen-bond acceptors (Lipinski definition) is 3. The molecule has 0 unspecified atom stereocenters. The third-order valence-electron chi connectivity index (χ3n) is 2.30. The van der Waals surface area contributed by atoms with Crippen LogP contribution in [0.1, 0.15) is 22.0 Å². The number of aromatic nitrogens is 2. The van der Waals surface area contributed by atoms with Gasteiger partial charge >= 0.3 is 0 Å². The smallest absolute Gasteiger partial charge is 0.274 e. The van der Waals surface area contributed by atoms with Crippen LogP contribution in [0.2, 0.25) is 0 Å². The van der Waals surface area contributed by atoms with Crippen molar-refractivity contribution in [3.8, 4) is 0 Å². The minimum atomic E-state index is -0.346. The topological polar surface area (TPSA) is 54.9 Å². The molecule has 1 amide bonds. The Morgan fingerprint density at radius 2 is 1.83 bits per heavy atom. The molecule has 4 nitrogen and oxygen atoms in total. The summed E-state index contributed by atoms with van der Waals surface area (Å²) in [5, 5.41) is 2.64. The summed E-state index contributed by atoms with van der Waals surface area (Å²) < 4.78 is 12.7. The van der Waals surface area contributed by atoms with Crippen LogP contribution in [0, 0.1) is 19.7 Å². The average molecular weight is 245 g/mol. The fourth-order valence-corrected chi connectivity index (χ4v) is 1.56. The van der Waals surface area contributed by atoms with E-state index in [1.807, 2.05) is 0 Å². The third kappa shape index (κ3) is 2.88. The van der Waals surface area contributed by atoms with Gasteiger partial charge < -0.3 is 5.32 Å². The molecule has 1 aromatic carbocycles. The van der Waals surface area contributed by atoms with Crippen LogP contribution < -0.4 is 5.32 Å². The fourth-order valence-electron chi connectivity index (χ4n) is 1.56. The Morgan fingerprint density at radius 1 is 1.17 bits per heavy atom. The van der Waals surface area contributed by atoms with E-state index in [0.717, 1.165) is 5.69 Å². The molecule has 2 rings (SSSR count). The largest absolute Gasteiger partial charge is 0.321 e. The van der Waals surface area contributed by atoms with E-state index in [0.29, 0.717) is 17.2 Å². The quantitative estimate of drug-likeness (QED) is 0.884. The molecule has 1 N–H and O–H groups in total. The van der Waals surface area contributed by atoms with Crippen molar-refractivity contribution in [1.29, 1.82) is 0 Å². The molecule has 2 aromatic rings. The number of hydrogen-bond donors (Lipinski definition) is 1. The zero-order valence-corrected chi connectivity index (χ0v) is 10.1. The van der Waals surface area contributed by atoms with Crippen LogP contribution in [0.3, 0.4) is 0 Å². The average Bonchev–Trinajstić information content (AvgIpc) is 2.31. The number of carbonyl (C=O) groups excluding carboxylic acids is 1.